The van der Waals surface area contributed by atoms with Crippen molar-refractivity contribution >= 4 is 54.9 Å². The summed E-state index contributed by atoms with van der Waals surface area (Å²) in [5, 5.41) is 8.77. The Morgan fingerprint density at radius 1 is 1.08 bits per heavy atom. The van der Waals surface area contributed by atoms with E-state index in [4.69, 9.17) is 16.6 Å². The van der Waals surface area contributed by atoms with Crippen molar-refractivity contribution in [1.82, 2.24) is 19.1 Å². The Bertz CT molecular complexity index is 1510. The van der Waals surface area contributed by atoms with Crippen molar-refractivity contribution in [3.05, 3.63) is 64.3 Å². The Balaban J connectivity index is 1.30. The largest absolute Gasteiger partial charge is 0.310 e. The average Bonchev–Trinajstić information content (AvgIpc) is 3.46. The summed E-state index contributed by atoms with van der Waals surface area (Å²) >= 11 is 7.79. The number of sulfonamides is 1. The van der Waals surface area contributed by atoms with E-state index >= 15 is 0 Å². The van der Waals surface area contributed by atoms with Crippen LogP contribution in [0.2, 0.25) is 5.02 Å². The Morgan fingerprint density at radius 2 is 1.78 bits per heavy atom. The lowest BCUT2D eigenvalue weighted by Crippen LogP contribution is -2.41. The number of carbonyl (C=O) groups is 1. The van der Waals surface area contributed by atoms with Crippen LogP contribution in [-0.2, 0) is 14.8 Å². The Hall–Kier alpha value is -2.79. The number of nitrogens with one attached hydrogen (secondary N) is 1. The molecule has 188 valence electrons. The van der Waals surface area contributed by atoms with Gasteiger partial charge in [0.15, 0.2) is 0 Å². The molecule has 0 atom stereocenters. The van der Waals surface area contributed by atoms with Gasteiger partial charge in [-0.15, -0.1) is 0 Å². The zero-order valence-electron chi connectivity index (χ0n) is 20.2. The number of fused-ring (bicyclic) bond motifs is 1. The molecular weight excluding hydrogens is 518 g/mol. The van der Waals surface area contributed by atoms with Crippen molar-refractivity contribution < 1.29 is 13.2 Å². The third-order valence-electron chi connectivity index (χ3n) is 6.43. The van der Waals surface area contributed by atoms with Crippen molar-refractivity contribution in [2.24, 2.45) is 5.92 Å². The van der Waals surface area contributed by atoms with Gasteiger partial charge in [0.25, 0.3) is 0 Å². The third kappa shape index (κ3) is 4.66. The number of piperidine rings is 1. The van der Waals surface area contributed by atoms with Gasteiger partial charge in [-0.3, -0.25) is 4.79 Å². The van der Waals surface area contributed by atoms with Crippen molar-refractivity contribution in [1.29, 1.82) is 0 Å². The SMILES string of the molecule is Cc1ccc(S(=O)(=O)N2CCC(C(=O)Nc3cc(C)nn3-c3nc4c(C)ccc(Cl)c4s3)CC2)cc1. The summed E-state index contributed by atoms with van der Waals surface area (Å²) in [5.74, 6) is 0.0732. The van der Waals surface area contributed by atoms with Gasteiger partial charge in [-0.1, -0.05) is 46.7 Å². The Labute approximate surface area is 219 Å². The molecule has 0 radical (unpaired) electrons. The van der Waals surface area contributed by atoms with Gasteiger partial charge in [0.2, 0.25) is 21.1 Å². The number of hydrogen-bond acceptors (Lipinski definition) is 6. The number of aryl methyl sites for hydroxylation is 3. The van der Waals surface area contributed by atoms with Crippen LogP contribution in [0.5, 0.6) is 0 Å². The lowest BCUT2D eigenvalue weighted by molar-refractivity contribution is -0.120. The molecular formula is C25H26ClN5O3S2. The molecule has 1 saturated heterocycles. The van der Waals surface area contributed by atoms with Crippen LogP contribution in [0.15, 0.2) is 47.4 Å². The van der Waals surface area contributed by atoms with Crippen molar-refractivity contribution in [2.45, 2.75) is 38.5 Å². The predicted octanol–water partition coefficient (Wildman–Crippen LogP) is 5.10. The number of benzene rings is 2. The van der Waals surface area contributed by atoms with Gasteiger partial charge < -0.3 is 5.32 Å². The molecule has 1 N–H and O–H groups in total. The number of aromatic nitrogens is 3. The first-order chi connectivity index (χ1) is 17.1. The molecule has 1 aliphatic rings. The minimum absolute atomic E-state index is 0.154. The Kier molecular flexibility index (Phi) is 6.63. The zero-order valence-corrected chi connectivity index (χ0v) is 22.5. The number of halogens is 1. The second kappa shape index (κ2) is 9.59. The molecule has 1 fully saturated rings. The van der Waals surface area contributed by atoms with Gasteiger partial charge in [0.05, 0.1) is 25.8 Å². The molecule has 11 heteroatoms. The first kappa shape index (κ1) is 24.9. The maximum atomic E-state index is 13.1. The summed E-state index contributed by atoms with van der Waals surface area (Å²) in [5.41, 5.74) is 3.57. The van der Waals surface area contributed by atoms with Gasteiger partial charge in [-0.05, 0) is 57.4 Å². The zero-order chi connectivity index (χ0) is 25.6. The van der Waals surface area contributed by atoms with E-state index in [1.807, 2.05) is 32.9 Å². The summed E-state index contributed by atoms with van der Waals surface area (Å²) < 4.78 is 29.9. The van der Waals surface area contributed by atoms with Crippen molar-refractivity contribution in [3.8, 4) is 5.13 Å². The van der Waals surface area contributed by atoms with Gasteiger partial charge in [-0.25, -0.2) is 13.4 Å². The molecule has 3 heterocycles. The fraction of sp³-hybridized carbons (Fsp3) is 0.320. The van der Waals surface area contributed by atoms with Crippen LogP contribution in [-0.4, -0.2) is 46.5 Å². The standard InChI is InChI=1S/C25H26ClN5O3S2/c1-15-4-7-19(8-5-15)36(33,34)30-12-10-18(11-13-30)24(32)27-21-14-17(3)29-31(21)25-28-22-16(2)6-9-20(26)23(22)35-25/h4-9,14,18H,10-13H2,1-3H3,(H,27,32). The van der Waals surface area contributed by atoms with Gasteiger partial charge in [0.1, 0.15) is 5.82 Å². The number of amides is 1. The number of anilines is 1. The first-order valence-electron chi connectivity index (χ1n) is 11.6. The van der Waals surface area contributed by atoms with Crippen LogP contribution in [0, 0.1) is 26.7 Å². The summed E-state index contributed by atoms with van der Waals surface area (Å²) in [6.45, 7) is 6.34. The summed E-state index contributed by atoms with van der Waals surface area (Å²) in [6, 6.07) is 12.4. The van der Waals surface area contributed by atoms with Crippen molar-refractivity contribution in [3.63, 3.8) is 0 Å². The highest BCUT2D eigenvalue weighted by molar-refractivity contribution is 7.89. The lowest BCUT2D eigenvalue weighted by Gasteiger charge is -2.30. The van der Waals surface area contributed by atoms with E-state index in [1.165, 1.54) is 15.6 Å². The van der Waals surface area contributed by atoms with Crippen LogP contribution in [0.1, 0.15) is 29.7 Å². The second-order valence-corrected chi connectivity index (χ2v) is 12.4. The van der Waals surface area contributed by atoms with Crippen LogP contribution < -0.4 is 5.32 Å². The maximum Gasteiger partial charge on any atom is 0.243 e. The number of carbonyl (C=O) groups excluding carboxylic acids is 1. The first-order valence-corrected chi connectivity index (χ1v) is 14.3. The molecule has 0 unspecified atom stereocenters. The van der Waals surface area contributed by atoms with Crippen LogP contribution in [0.3, 0.4) is 0 Å². The number of rotatable bonds is 5. The van der Waals surface area contributed by atoms with Crippen LogP contribution in [0.4, 0.5) is 5.82 Å². The quantitative estimate of drug-likeness (QED) is 0.378. The number of thiazole rings is 1. The summed E-state index contributed by atoms with van der Waals surface area (Å²) in [6.07, 6.45) is 0.889. The van der Waals surface area contributed by atoms with Crippen molar-refractivity contribution in [2.75, 3.05) is 18.4 Å². The molecule has 2 aromatic heterocycles. The molecule has 8 nitrogen and oxygen atoms in total. The minimum atomic E-state index is -3.58. The van der Waals surface area contributed by atoms with Gasteiger partial charge in [0, 0.05) is 25.1 Å². The summed E-state index contributed by atoms with van der Waals surface area (Å²) in [4.78, 5) is 18.1. The molecule has 1 amide bonds. The van der Waals surface area contributed by atoms with Gasteiger partial charge >= 0.3 is 0 Å². The molecule has 4 aromatic rings. The predicted molar refractivity (Wildman–Crippen MR) is 143 cm³/mol. The second-order valence-electron chi connectivity index (χ2n) is 9.10. The number of nitrogens with zero attached hydrogens (tertiary/aromatic N) is 4. The maximum absolute atomic E-state index is 13.1. The molecule has 0 bridgehead atoms. The highest BCUT2D eigenvalue weighted by atomic mass is 35.5. The molecule has 36 heavy (non-hydrogen) atoms. The monoisotopic (exact) mass is 543 g/mol. The highest BCUT2D eigenvalue weighted by Gasteiger charge is 2.32. The number of hydrogen-bond donors (Lipinski definition) is 1. The highest BCUT2D eigenvalue weighted by Crippen LogP contribution is 2.34. The molecule has 5 rings (SSSR count). The van der Waals surface area contributed by atoms with Crippen LogP contribution in [0.25, 0.3) is 15.3 Å². The third-order valence-corrected chi connectivity index (χ3v) is 9.84. The van der Waals surface area contributed by atoms with Crippen LogP contribution >= 0.6 is 22.9 Å². The van der Waals surface area contributed by atoms with E-state index in [9.17, 15) is 13.2 Å². The minimum Gasteiger partial charge on any atom is -0.310 e. The van der Waals surface area contributed by atoms with E-state index in [-0.39, 0.29) is 16.7 Å². The molecule has 1 aliphatic heterocycles. The van der Waals surface area contributed by atoms with E-state index in [1.54, 1.807) is 35.0 Å². The van der Waals surface area contributed by atoms with E-state index in [0.29, 0.717) is 41.9 Å². The molecule has 0 saturated carbocycles. The smallest absolute Gasteiger partial charge is 0.243 e. The summed E-state index contributed by atoms with van der Waals surface area (Å²) in [7, 11) is -3.58. The average molecular weight is 544 g/mol. The molecule has 0 aliphatic carbocycles. The fourth-order valence-electron chi connectivity index (χ4n) is 4.36. The van der Waals surface area contributed by atoms with Gasteiger partial charge in [-0.2, -0.15) is 14.1 Å². The van der Waals surface area contributed by atoms with E-state index in [2.05, 4.69) is 10.4 Å². The van der Waals surface area contributed by atoms with E-state index < -0.39 is 10.0 Å². The fourth-order valence-corrected chi connectivity index (χ4v) is 7.11. The normalized spacial score (nSPS) is 15.4. The Morgan fingerprint density at radius 3 is 2.44 bits per heavy atom. The lowest BCUT2D eigenvalue weighted by atomic mass is 9.97. The molecule has 0 spiro atoms. The molecule has 2 aromatic carbocycles. The topological polar surface area (TPSA) is 97.2 Å². The van der Waals surface area contributed by atoms with E-state index in [0.717, 1.165) is 27.0 Å².